The number of carbonyl (C=O) groups is 1. The van der Waals surface area contributed by atoms with Gasteiger partial charge in [0.2, 0.25) is 0 Å². The molecule has 8 heteroatoms. The summed E-state index contributed by atoms with van der Waals surface area (Å²) in [4.78, 5) is 12.7. The quantitative estimate of drug-likeness (QED) is 0.654. The number of benzene rings is 1. The molecule has 3 rings (SSSR count). The number of carboxylic acids is 1. The van der Waals surface area contributed by atoms with Crippen molar-refractivity contribution >= 4 is 11.7 Å². The van der Waals surface area contributed by atoms with Gasteiger partial charge in [-0.2, -0.15) is 0 Å². The molecule has 132 valence electrons. The second-order valence-corrected chi connectivity index (χ2v) is 6.40. The molecule has 4 N–H and O–H groups in total. The van der Waals surface area contributed by atoms with Crippen LogP contribution in [0.2, 0.25) is 0 Å². The number of nitrogens with one attached hydrogen (secondary N) is 1. The van der Waals surface area contributed by atoms with Crippen molar-refractivity contribution < 1.29 is 28.9 Å². The molecule has 6 nitrogen and oxygen atoms in total. The van der Waals surface area contributed by atoms with Crippen molar-refractivity contribution in [1.82, 2.24) is 5.32 Å². The molecule has 1 aromatic rings. The zero-order valence-electron chi connectivity index (χ0n) is 13.0. The topological polar surface area (TPSA) is 93.0 Å². The smallest absolute Gasteiger partial charge is 0.308 e. The van der Waals surface area contributed by atoms with Crippen molar-refractivity contribution in [2.45, 2.75) is 37.6 Å². The third kappa shape index (κ3) is 3.22. The molecule has 0 spiro atoms. The number of carboxylic acid groups (broad SMARTS) is 1. The molecule has 0 bridgehead atoms. The van der Waals surface area contributed by atoms with Crippen LogP contribution in [0.5, 0.6) is 0 Å². The summed E-state index contributed by atoms with van der Waals surface area (Å²) in [6.45, 7) is 0.641. The van der Waals surface area contributed by atoms with Gasteiger partial charge < -0.3 is 20.2 Å². The van der Waals surface area contributed by atoms with Crippen molar-refractivity contribution in [1.29, 1.82) is 0 Å². The predicted molar refractivity (Wildman–Crippen MR) is 81.4 cm³/mol. The van der Waals surface area contributed by atoms with Crippen LogP contribution in [0.15, 0.2) is 12.1 Å². The lowest BCUT2D eigenvalue weighted by Crippen LogP contribution is -2.46. The molecular weight excluding hydrogens is 322 g/mol. The van der Waals surface area contributed by atoms with E-state index in [0.717, 1.165) is 0 Å². The first-order valence-electron chi connectivity index (χ1n) is 7.95. The Morgan fingerprint density at radius 1 is 1.17 bits per heavy atom. The van der Waals surface area contributed by atoms with Crippen molar-refractivity contribution in [2.75, 3.05) is 18.0 Å². The van der Waals surface area contributed by atoms with E-state index in [9.17, 15) is 23.8 Å². The predicted octanol–water partition coefficient (Wildman–Crippen LogP) is 0.979. The maximum absolute atomic E-state index is 14.5. The van der Waals surface area contributed by atoms with Gasteiger partial charge in [0.1, 0.15) is 24.1 Å². The number of aliphatic hydroxyl groups is 2. The van der Waals surface area contributed by atoms with Gasteiger partial charge in [-0.3, -0.25) is 10.1 Å². The number of rotatable bonds is 3. The van der Waals surface area contributed by atoms with Crippen LogP contribution in [0.3, 0.4) is 0 Å². The molecule has 2 heterocycles. The minimum Gasteiger partial charge on any atom is -0.481 e. The molecule has 0 unspecified atom stereocenters. The summed E-state index contributed by atoms with van der Waals surface area (Å²) in [5, 5.41) is 30.9. The van der Waals surface area contributed by atoms with Crippen LogP contribution in [0.1, 0.15) is 30.7 Å². The second-order valence-electron chi connectivity index (χ2n) is 6.40. The molecule has 0 aliphatic carbocycles. The average Bonchev–Trinajstić information content (AvgIpc) is 2.98. The summed E-state index contributed by atoms with van der Waals surface area (Å²) in [5.41, 5.74) is 0.0930. The van der Waals surface area contributed by atoms with Gasteiger partial charge in [-0.1, -0.05) is 0 Å². The Kier molecular flexibility index (Phi) is 4.71. The van der Waals surface area contributed by atoms with E-state index in [-0.39, 0.29) is 24.9 Å². The second kappa shape index (κ2) is 6.62. The van der Waals surface area contributed by atoms with Crippen LogP contribution < -0.4 is 10.2 Å². The van der Waals surface area contributed by atoms with Crippen LogP contribution in [0.25, 0.3) is 0 Å². The minimum atomic E-state index is -1.23. The van der Waals surface area contributed by atoms with Gasteiger partial charge in [0.15, 0.2) is 0 Å². The fraction of sp³-hybridized carbons (Fsp3) is 0.562. The highest BCUT2D eigenvalue weighted by Gasteiger charge is 2.34. The Morgan fingerprint density at radius 3 is 2.38 bits per heavy atom. The monoisotopic (exact) mass is 342 g/mol. The number of anilines is 1. The molecule has 2 fully saturated rings. The fourth-order valence-corrected chi connectivity index (χ4v) is 3.50. The van der Waals surface area contributed by atoms with Gasteiger partial charge in [0, 0.05) is 30.3 Å². The van der Waals surface area contributed by atoms with E-state index in [1.807, 2.05) is 0 Å². The number of hydrogen-bond acceptors (Lipinski definition) is 5. The molecule has 2 saturated heterocycles. The van der Waals surface area contributed by atoms with E-state index in [4.69, 9.17) is 5.11 Å². The van der Waals surface area contributed by atoms with Crippen LogP contribution in [-0.4, -0.2) is 46.8 Å². The number of aliphatic hydroxyl groups excluding tert-OH is 2. The van der Waals surface area contributed by atoms with Crippen molar-refractivity contribution in [3.63, 3.8) is 0 Å². The summed E-state index contributed by atoms with van der Waals surface area (Å²) in [7, 11) is 0. The number of hydrogen-bond donors (Lipinski definition) is 4. The molecule has 2 aliphatic heterocycles. The summed E-state index contributed by atoms with van der Waals surface area (Å²) in [5.74, 6) is -3.78. The lowest BCUT2D eigenvalue weighted by atomic mass is 9.88. The van der Waals surface area contributed by atoms with Crippen LogP contribution in [-0.2, 0) is 4.79 Å². The van der Waals surface area contributed by atoms with Crippen LogP contribution in [0, 0.1) is 17.6 Å². The summed E-state index contributed by atoms with van der Waals surface area (Å²) in [6, 6.07) is 2.36. The molecular formula is C16H20F2N2O4. The van der Waals surface area contributed by atoms with Crippen LogP contribution in [0.4, 0.5) is 14.5 Å². The molecule has 0 radical (unpaired) electrons. The van der Waals surface area contributed by atoms with Gasteiger partial charge in [-0.25, -0.2) is 8.78 Å². The van der Waals surface area contributed by atoms with E-state index in [0.29, 0.717) is 18.7 Å². The van der Waals surface area contributed by atoms with Crippen molar-refractivity contribution in [3.05, 3.63) is 29.3 Å². The Hall–Kier alpha value is -1.77. The third-order valence-corrected chi connectivity index (χ3v) is 4.83. The highest BCUT2D eigenvalue weighted by molar-refractivity contribution is 5.72. The highest BCUT2D eigenvalue weighted by atomic mass is 19.1. The van der Waals surface area contributed by atoms with E-state index < -0.39 is 41.9 Å². The first-order chi connectivity index (χ1) is 11.4. The zero-order valence-corrected chi connectivity index (χ0v) is 13.0. The van der Waals surface area contributed by atoms with E-state index >= 15 is 0 Å². The van der Waals surface area contributed by atoms with Gasteiger partial charge in [-0.15, -0.1) is 0 Å². The Morgan fingerprint density at radius 2 is 1.83 bits per heavy atom. The Bertz CT molecular complexity index is 619. The van der Waals surface area contributed by atoms with Gasteiger partial charge >= 0.3 is 5.97 Å². The number of nitrogens with zero attached hydrogens (tertiary/aromatic N) is 1. The molecule has 24 heavy (non-hydrogen) atoms. The standard InChI is InChI=1S/C16H20F2N2O4/c17-11-5-9(20-4-3-8(7-20)16(23)24)6-12(18)14(11)10-1-2-13(21)19-15(10)22/h5-6,8,10,13,15,19,21-22H,1-4,7H2,(H,23,24)/t8-,10+,13+,15+/m1/s1. The maximum Gasteiger partial charge on any atom is 0.308 e. The third-order valence-electron chi connectivity index (χ3n) is 4.83. The summed E-state index contributed by atoms with van der Waals surface area (Å²) < 4.78 is 29.0. The molecule has 2 aliphatic rings. The highest BCUT2D eigenvalue weighted by Crippen LogP contribution is 2.35. The van der Waals surface area contributed by atoms with Crippen LogP contribution >= 0.6 is 0 Å². The molecule has 0 saturated carbocycles. The van der Waals surface area contributed by atoms with E-state index in [1.54, 1.807) is 4.90 Å². The van der Waals surface area contributed by atoms with E-state index in [2.05, 4.69) is 5.32 Å². The summed E-state index contributed by atoms with van der Waals surface area (Å²) in [6.07, 6.45) is -1.14. The maximum atomic E-state index is 14.5. The van der Waals surface area contributed by atoms with Crippen molar-refractivity contribution in [2.24, 2.45) is 5.92 Å². The van der Waals surface area contributed by atoms with Gasteiger partial charge in [0.05, 0.1) is 5.92 Å². The molecule has 4 atom stereocenters. The number of piperidine rings is 1. The van der Waals surface area contributed by atoms with Crippen molar-refractivity contribution in [3.8, 4) is 0 Å². The van der Waals surface area contributed by atoms with Gasteiger partial charge in [-0.05, 0) is 31.4 Å². The SMILES string of the molecule is O=C(O)[C@@H]1CCN(c2cc(F)c([C@@H]3CC[C@H](O)N[C@H]3O)c(F)c2)C1. The minimum absolute atomic E-state index is 0.209. The largest absolute Gasteiger partial charge is 0.481 e. The summed E-state index contributed by atoms with van der Waals surface area (Å²) >= 11 is 0. The molecule has 1 aromatic carbocycles. The van der Waals surface area contributed by atoms with Gasteiger partial charge in [0.25, 0.3) is 0 Å². The number of halogens is 2. The van der Waals surface area contributed by atoms with E-state index in [1.165, 1.54) is 12.1 Å². The first-order valence-corrected chi connectivity index (χ1v) is 7.95. The molecule has 0 aromatic heterocycles. The normalized spacial score (nSPS) is 30.6. The first kappa shape index (κ1) is 17.1. The average molecular weight is 342 g/mol. The lowest BCUT2D eigenvalue weighted by molar-refractivity contribution is -0.140. The molecule has 0 amide bonds. The Labute approximate surface area is 137 Å². The Balaban J connectivity index is 1.83. The lowest BCUT2D eigenvalue weighted by Gasteiger charge is -2.33. The zero-order chi connectivity index (χ0) is 17.4. The fourth-order valence-electron chi connectivity index (χ4n) is 3.50. The number of aliphatic carboxylic acids is 1.